The fraction of sp³-hybridized carbons (Fsp3) is 0.375. The van der Waals surface area contributed by atoms with Gasteiger partial charge in [0.1, 0.15) is 0 Å². The standard InChI is InChI=1S/C32H38BrN5O3/c1-22(7-12-31(41)36-21-40)37(3)30-11-9-26(27-6-4-5-25(19-39)32(27)30)24-13-15-38(16-14-24)20-35-29-17-23(18-33)8-10-28(29)34-2/h4-6,8-11,17,19,21-22,24,35H,2,7,12-16,18,20H2,1,3H3,(H,36,40,41). The van der Waals surface area contributed by atoms with Crippen molar-refractivity contribution in [2.24, 2.45) is 4.99 Å². The van der Waals surface area contributed by atoms with Crippen LogP contribution in [0.3, 0.4) is 0 Å². The summed E-state index contributed by atoms with van der Waals surface area (Å²) in [6.07, 6.45) is 4.22. The maximum atomic E-state index is 12.1. The Kier molecular flexibility index (Phi) is 10.7. The van der Waals surface area contributed by atoms with Crippen LogP contribution in [0.15, 0.2) is 53.5 Å². The predicted molar refractivity (Wildman–Crippen MR) is 171 cm³/mol. The van der Waals surface area contributed by atoms with Gasteiger partial charge >= 0.3 is 0 Å². The van der Waals surface area contributed by atoms with Crippen molar-refractivity contribution in [3.05, 3.63) is 65.2 Å². The van der Waals surface area contributed by atoms with Crippen molar-refractivity contribution in [2.45, 2.75) is 49.9 Å². The topological polar surface area (TPSA) is 94.1 Å². The second-order valence-electron chi connectivity index (χ2n) is 10.6. The molecule has 2 N–H and O–H groups in total. The van der Waals surface area contributed by atoms with Gasteiger partial charge in [-0.05, 0) is 73.5 Å². The Bertz CT molecular complexity index is 1400. The largest absolute Gasteiger partial charge is 0.371 e. The molecular formula is C32H38BrN5O3. The third-order valence-corrected chi connectivity index (χ3v) is 8.82. The Morgan fingerprint density at radius 2 is 1.98 bits per heavy atom. The first-order valence-corrected chi connectivity index (χ1v) is 15.1. The molecule has 1 saturated heterocycles. The molecule has 0 spiro atoms. The quantitative estimate of drug-likeness (QED) is 0.138. The number of piperidine rings is 1. The lowest BCUT2D eigenvalue weighted by Gasteiger charge is -2.34. The van der Waals surface area contributed by atoms with E-state index in [1.54, 1.807) is 0 Å². The molecule has 1 atom stereocenters. The highest BCUT2D eigenvalue weighted by atomic mass is 79.9. The number of nitrogens with one attached hydrogen (secondary N) is 2. The minimum absolute atomic E-state index is 0.0314. The number of carbonyl (C=O) groups excluding carboxylic acids is 3. The van der Waals surface area contributed by atoms with E-state index in [0.29, 0.717) is 24.3 Å². The zero-order valence-electron chi connectivity index (χ0n) is 23.7. The molecule has 1 fully saturated rings. The van der Waals surface area contributed by atoms with Crippen LogP contribution in [0.25, 0.3) is 10.8 Å². The predicted octanol–water partition coefficient (Wildman–Crippen LogP) is 6.01. The van der Waals surface area contributed by atoms with Gasteiger partial charge in [-0.25, -0.2) is 0 Å². The maximum Gasteiger partial charge on any atom is 0.226 e. The molecule has 1 heterocycles. The van der Waals surface area contributed by atoms with Crippen molar-refractivity contribution < 1.29 is 14.4 Å². The highest BCUT2D eigenvalue weighted by molar-refractivity contribution is 9.08. The molecule has 41 heavy (non-hydrogen) atoms. The van der Waals surface area contributed by atoms with Crippen LogP contribution in [0, 0.1) is 0 Å². The van der Waals surface area contributed by atoms with Gasteiger partial charge in [-0.3, -0.25) is 29.6 Å². The number of aldehydes is 1. The van der Waals surface area contributed by atoms with Crippen LogP contribution in [0.4, 0.5) is 17.1 Å². The van der Waals surface area contributed by atoms with Crippen LogP contribution in [0.2, 0.25) is 0 Å². The van der Waals surface area contributed by atoms with Crippen molar-refractivity contribution in [3.8, 4) is 0 Å². The smallest absolute Gasteiger partial charge is 0.226 e. The first-order valence-electron chi connectivity index (χ1n) is 14.0. The van der Waals surface area contributed by atoms with Crippen molar-refractivity contribution in [1.82, 2.24) is 10.2 Å². The molecule has 0 radical (unpaired) electrons. The Hall–Kier alpha value is -3.56. The van der Waals surface area contributed by atoms with E-state index in [9.17, 15) is 14.4 Å². The van der Waals surface area contributed by atoms with Crippen molar-refractivity contribution in [3.63, 3.8) is 0 Å². The number of amides is 2. The number of benzene rings is 3. The number of fused-ring (bicyclic) bond motifs is 1. The summed E-state index contributed by atoms with van der Waals surface area (Å²) in [5.41, 5.74) is 5.93. The van der Waals surface area contributed by atoms with Crippen LogP contribution < -0.4 is 15.5 Å². The molecule has 4 rings (SSSR count). The molecule has 8 nitrogen and oxygen atoms in total. The monoisotopic (exact) mass is 619 g/mol. The minimum Gasteiger partial charge on any atom is -0.371 e. The molecular weight excluding hydrogens is 582 g/mol. The Labute approximate surface area is 250 Å². The summed E-state index contributed by atoms with van der Waals surface area (Å²) in [6, 6.07) is 16.4. The van der Waals surface area contributed by atoms with E-state index >= 15 is 0 Å². The van der Waals surface area contributed by atoms with Crippen LogP contribution in [-0.2, 0) is 14.9 Å². The van der Waals surface area contributed by atoms with Crippen LogP contribution in [0.1, 0.15) is 60.0 Å². The number of alkyl halides is 1. The normalized spacial score (nSPS) is 14.8. The van der Waals surface area contributed by atoms with Gasteiger partial charge in [0.15, 0.2) is 6.29 Å². The van der Waals surface area contributed by atoms with Gasteiger partial charge in [0.05, 0.1) is 18.0 Å². The van der Waals surface area contributed by atoms with Crippen LogP contribution in [0.5, 0.6) is 0 Å². The van der Waals surface area contributed by atoms with Crippen LogP contribution >= 0.6 is 15.9 Å². The number of aliphatic imine (C=N–C) groups is 1. The average molecular weight is 621 g/mol. The van der Waals surface area contributed by atoms with E-state index in [2.05, 4.69) is 72.3 Å². The first-order chi connectivity index (χ1) is 19.9. The van der Waals surface area contributed by atoms with Gasteiger partial charge in [-0.2, -0.15) is 0 Å². The summed E-state index contributed by atoms with van der Waals surface area (Å²) < 4.78 is 0. The molecule has 1 aliphatic heterocycles. The fourth-order valence-electron chi connectivity index (χ4n) is 5.64. The number of imide groups is 1. The van der Waals surface area contributed by atoms with Gasteiger partial charge in [0.25, 0.3) is 0 Å². The van der Waals surface area contributed by atoms with E-state index in [1.807, 2.05) is 38.2 Å². The SMILES string of the molecule is C=Nc1ccc(CBr)cc1NCN1CCC(c2ccc(N(C)C(C)CCC(=O)NC=O)c3c(C=O)cccc23)CC1. The van der Waals surface area contributed by atoms with Gasteiger partial charge < -0.3 is 10.2 Å². The van der Waals surface area contributed by atoms with E-state index in [-0.39, 0.29) is 18.4 Å². The third kappa shape index (κ3) is 7.21. The second-order valence-corrected chi connectivity index (χ2v) is 11.2. The number of rotatable bonds is 13. The number of hydrogen-bond donors (Lipinski definition) is 2. The highest BCUT2D eigenvalue weighted by Gasteiger charge is 2.24. The number of carbonyl (C=O) groups is 3. The van der Waals surface area contributed by atoms with Crippen molar-refractivity contribution in [1.29, 1.82) is 0 Å². The average Bonchev–Trinajstić information content (AvgIpc) is 3.01. The summed E-state index contributed by atoms with van der Waals surface area (Å²) in [6.45, 7) is 8.41. The molecule has 0 aliphatic carbocycles. The number of anilines is 2. The van der Waals surface area contributed by atoms with E-state index in [4.69, 9.17) is 0 Å². The van der Waals surface area contributed by atoms with E-state index in [1.165, 1.54) is 11.1 Å². The molecule has 0 aromatic heterocycles. The lowest BCUT2D eigenvalue weighted by molar-refractivity contribution is -0.125. The van der Waals surface area contributed by atoms with E-state index in [0.717, 1.165) is 72.1 Å². The first kappa shape index (κ1) is 30.4. The second kappa shape index (κ2) is 14.4. The molecule has 1 unspecified atom stereocenters. The molecule has 1 aliphatic rings. The molecule has 2 amide bonds. The summed E-state index contributed by atoms with van der Waals surface area (Å²) in [4.78, 5) is 43.2. The molecule has 216 valence electrons. The summed E-state index contributed by atoms with van der Waals surface area (Å²) in [7, 11) is 1.99. The number of likely N-dealkylation sites (tertiary alicyclic amines) is 1. The molecule has 9 heteroatoms. The lowest BCUT2D eigenvalue weighted by atomic mass is 9.85. The highest BCUT2D eigenvalue weighted by Crippen LogP contribution is 2.39. The Morgan fingerprint density at radius 3 is 2.66 bits per heavy atom. The Balaban J connectivity index is 1.49. The summed E-state index contributed by atoms with van der Waals surface area (Å²) >= 11 is 3.53. The van der Waals surface area contributed by atoms with Gasteiger partial charge in [-0.15, -0.1) is 0 Å². The van der Waals surface area contributed by atoms with Gasteiger partial charge in [0, 0.05) is 54.6 Å². The lowest BCUT2D eigenvalue weighted by Crippen LogP contribution is -2.36. The zero-order chi connectivity index (χ0) is 29.4. The molecule has 0 bridgehead atoms. The van der Waals surface area contributed by atoms with E-state index < -0.39 is 0 Å². The summed E-state index contributed by atoms with van der Waals surface area (Å²) in [5, 5.41) is 8.59. The van der Waals surface area contributed by atoms with Crippen molar-refractivity contribution in [2.75, 3.05) is 37.0 Å². The molecule has 3 aromatic carbocycles. The molecule has 0 saturated carbocycles. The van der Waals surface area contributed by atoms with Gasteiger partial charge in [-0.1, -0.05) is 46.3 Å². The summed E-state index contributed by atoms with van der Waals surface area (Å²) in [5.74, 6) is 0.0995. The minimum atomic E-state index is -0.291. The third-order valence-electron chi connectivity index (χ3n) is 8.17. The van der Waals surface area contributed by atoms with Crippen LogP contribution in [-0.4, -0.2) is 63.1 Å². The number of halogens is 1. The zero-order valence-corrected chi connectivity index (χ0v) is 25.3. The fourth-order valence-corrected chi connectivity index (χ4v) is 5.99. The number of hydrogen-bond acceptors (Lipinski definition) is 7. The van der Waals surface area contributed by atoms with Crippen molar-refractivity contribution >= 4 is 69.1 Å². The Morgan fingerprint density at radius 1 is 1.20 bits per heavy atom. The maximum absolute atomic E-state index is 12.1. The number of nitrogens with zero attached hydrogens (tertiary/aromatic N) is 3. The molecule has 3 aromatic rings. The van der Waals surface area contributed by atoms with Gasteiger partial charge in [0.2, 0.25) is 12.3 Å².